The van der Waals surface area contributed by atoms with Gasteiger partial charge in [-0.2, -0.15) is 0 Å². The van der Waals surface area contributed by atoms with E-state index in [2.05, 4.69) is 157 Å². The van der Waals surface area contributed by atoms with E-state index in [1.807, 2.05) is 12.1 Å². The fourth-order valence-corrected chi connectivity index (χ4v) is 8.82. The molecule has 7 aromatic carbocycles. The number of hydrogen-bond donors (Lipinski definition) is 0. The fraction of sp³-hybridized carbons (Fsp3) is 0.0667. The van der Waals surface area contributed by atoms with E-state index in [0.717, 1.165) is 56.8 Å². The van der Waals surface area contributed by atoms with Crippen LogP contribution in [0.15, 0.2) is 164 Å². The van der Waals surface area contributed by atoms with Gasteiger partial charge in [0.1, 0.15) is 23.0 Å². The largest absolute Gasteiger partial charge is 0.457 e. The van der Waals surface area contributed by atoms with Gasteiger partial charge in [-0.1, -0.05) is 115 Å². The predicted molar refractivity (Wildman–Crippen MR) is 192 cm³/mol. The van der Waals surface area contributed by atoms with Gasteiger partial charge in [0.2, 0.25) is 0 Å². The van der Waals surface area contributed by atoms with E-state index in [9.17, 15) is 0 Å². The summed E-state index contributed by atoms with van der Waals surface area (Å²) in [5, 5.41) is 0. The molecular formula is C45H29NO3. The average molecular weight is 632 g/mol. The number of fused-ring (bicyclic) bond motifs is 14. The van der Waals surface area contributed by atoms with Gasteiger partial charge in [0.05, 0.1) is 17.0 Å². The Kier molecular flexibility index (Phi) is 5.40. The van der Waals surface area contributed by atoms with Crippen LogP contribution in [0.2, 0.25) is 0 Å². The Bertz CT molecular complexity index is 2420. The lowest BCUT2D eigenvalue weighted by Gasteiger charge is -2.42. The number of rotatable bonds is 3. The summed E-state index contributed by atoms with van der Waals surface area (Å²) in [6.45, 7) is 0. The molecule has 4 aliphatic rings. The smallest absolute Gasteiger partial charge is 0.252 e. The number of nitrogens with zero attached hydrogens (tertiary/aromatic N) is 1. The fourth-order valence-electron chi connectivity index (χ4n) is 8.82. The number of ether oxygens (including phenoxy) is 3. The zero-order chi connectivity index (χ0) is 32.1. The maximum atomic E-state index is 6.85. The zero-order valence-electron chi connectivity index (χ0n) is 26.4. The molecule has 49 heavy (non-hydrogen) atoms. The first-order valence-corrected chi connectivity index (χ1v) is 16.8. The van der Waals surface area contributed by atoms with Crippen LogP contribution in [0.3, 0.4) is 0 Å². The van der Waals surface area contributed by atoms with Gasteiger partial charge < -0.3 is 19.1 Å². The second-order valence-electron chi connectivity index (χ2n) is 13.1. The summed E-state index contributed by atoms with van der Waals surface area (Å²) in [6.07, 6.45) is -0.364. The molecule has 0 aromatic heterocycles. The Morgan fingerprint density at radius 1 is 0.449 bits per heavy atom. The van der Waals surface area contributed by atoms with Gasteiger partial charge in [-0.3, -0.25) is 0 Å². The van der Waals surface area contributed by atoms with Crippen molar-refractivity contribution in [2.75, 3.05) is 4.90 Å². The quantitative estimate of drug-likeness (QED) is 0.194. The SMILES string of the molecule is c1ccc(N(c2ccc3c(c2)OC2Oc4ccccc4C32)c2cccc3c2C2(c4ccccc4O3)c3ccccc3-c3ccccc32)cc1. The van der Waals surface area contributed by atoms with Crippen LogP contribution in [0.4, 0.5) is 17.1 Å². The van der Waals surface area contributed by atoms with Crippen LogP contribution in [0.25, 0.3) is 11.1 Å². The summed E-state index contributed by atoms with van der Waals surface area (Å²) < 4.78 is 19.7. The summed E-state index contributed by atoms with van der Waals surface area (Å²) >= 11 is 0. The highest BCUT2D eigenvalue weighted by atomic mass is 16.7. The second kappa shape index (κ2) is 9.88. The molecule has 2 unspecified atom stereocenters. The predicted octanol–water partition coefficient (Wildman–Crippen LogP) is 10.9. The van der Waals surface area contributed by atoms with Crippen molar-refractivity contribution in [2.24, 2.45) is 0 Å². The van der Waals surface area contributed by atoms with Crippen LogP contribution in [-0.4, -0.2) is 6.29 Å². The molecule has 0 amide bonds. The first-order valence-electron chi connectivity index (χ1n) is 16.8. The number of para-hydroxylation sites is 3. The van der Waals surface area contributed by atoms with E-state index >= 15 is 0 Å². The summed E-state index contributed by atoms with van der Waals surface area (Å²) in [6, 6.07) is 58.2. The van der Waals surface area contributed by atoms with Crippen molar-refractivity contribution in [1.29, 1.82) is 0 Å². The lowest BCUT2D eigenvalue weighted by atomic mass is 9.65. The van der Waals surface area contributed by atoms with Crippen molar-refractivity contribution in [3.8, 4) is 34.1 Å². The minimum absolute atomic E-state index is 0.0505. The van der Waals surface area contributed by atoms with Crippen LogP contribution in [0.1, 0.15) is 39.3 Å². The van der Waals surface area contributed by atoms with Gasteiger partial charge in [-0.05, 0) is 64.7 Å². The summed E-state index contributed by atoms with van der Waals surface area (Å²) in [5.74, 6) is 3.52. The van der Waals surface area contributed by atoms with Crippen molar-refractivity contribution in [3.05, 3.63) is 197 Å². The van der Waals surface area contributed by atoms with Crippen LogP contribution in [-0.2, 0) is 5.41 Å². The highest BCUT2D eigenvalue weighted by molar-refractivity contribution is 5.93. The Hall–Kier alpha value is -6.26. The Balaban J connectivity index is 1.18. The van der Waals surface area contributed by atoms with Crippen molar-refractivity contribution >= 4 is 17.1 Å². The minimum atomic E-state index is -0.608. The molecule has 0 saturated carbocycles. The first kappa shape index (κ1) is 26.8. The van der Waals surface area contributed by atoms with Crippen LogP contribution >= 0.6 is 0 Å². The van der Waals surface area contributed by atoms with Crippen LogP contribution in [0.5, 0.6) is 23.0 Å². The minimum Gasteiger partial charge on any atom is -0.457 e. The lowest BCUT2D eigenvalue weighted by Crippen LogP contribution is -2.34. The van der Waals surface area contributed by atoms with E-state index in [1.54, 1.807) is 0 Å². The third kappa shape index (κ3) is 3.53. The lowest BCUT2D eigenvalue weighted by molar-refractivity contribution is 0.0330. The molecule has 1 aliphatic carbocycles. The van der Waals surface area contributed by atoms with E-state index < -0.39 is 5.41 Å². The van der Waals surface area contributed by atoms with Gasteiger partial charge in [-0.25, -0.2) is 0 Å². The van der Waals surface area contributed by atoms with E-state index in [-0.39, 0.29) is 12.2 Å². The molecule has 4 heteroatoms. The van der Waals surface area contributed by atoms with Gasteiger partial charge in [0, 0.05) is 39.7 Å². The van der Waals surface area contributed by atoms with E-state index in [1.165, 1.54) is 27.8 Å². The number of benzene rings is 7. The third-order valence-electron chi connectivity index (χ3n) is 10.7. The first-order chi connectivity index (χ1) is 24.3. The van der Waals surface area contributed by atoms with Crippen LogP contribution in [0, 0.1) is 0 Å². The second-order valence-corrected chi connectivity index (χ2v) is 13.1. The van der Waals surface area contributed by atoms with Crippen molar-refractivity contribution < 1.29 is 14.2 Å². The molecule has 3 heterocycles. The summed E-state index contributed by atoms with van der Waals surface area (Å²) in [4.78, 5) is 2.36. The topological polar surface area (TPSA) is 30.9 Å². The molecule has 2 atom stereocenters. The Labute approximate surface area is 284 Å². The molecule has 0 fully saturated rings. The average Bonchev–Trinajstić information content (AvgIpc) is 3.79. The molecule has 0 radical (unpaired) electrons. The van der Waals surface area contributed by atoms with Gasteiger partial charge in [0.15, 0.2) is 0 Å². The molecule has 11 rings (SSSR count). The highest BCUT2D eigenvalue weighted by Gasteiger charge is 2.53. The molecule has 3 aliphatic heterocycles. The number of hydrogen-bond acceptors (Lipinski definition) is 4. The molecule has 232 valence electrons. The van der Waals surface area contributed by atoms with Crippen molar-refractivity contribution in [2.45, 2.75) is 17.6 Å². The monoisotopic (exact) mass is 631 g/mol. The summed E-state index contributed by atoms with van der Waals surface area (Å²) in [5.41, 5.74) is 12.1. The molecule has 1 spiro atoms. The van der Waals surface area contributed by atoms with Crippen molar-refractivity contribution in [3.63, 3.8) is 0 Å². The molecule has 0 bridgehead atoms. The maximum Gasteiger partial charge on any atom is 0.252 e. The summed E-state index contributed by atoms with van der Waals surface area (Å²) in [7, 11) is 0. The van der Waals surface area contributed by atoms with Crippen molar-refractivity contribution in [1.82, 2.24) is 0 Å². The molecule has 7 aromatic rings. The maximum absolute atomic E-state index is 6.85. The van der Waals surface area contributed by atoms with E-state index in [4.69, 9.17) is 14.2 Å². The van der Waals surface area contributed by atoms with Crippen LogP contribution < -0.4 is 19.1 Å². The third-order valence-corrected chi connectivity index (χ3v) is 10.7. The standard InChI is InChI=1S/C45H29NO3/c1-2-13-28(14-3-1)46(29-25-26-33-41(27-29)49-44-42(33)32-17-6-10-22-38(32)48-44)37-21-12-24-40-43(37)45(36-20-9-11-23-39(36)47-40)34-18-7-4-15-30(34)31-16-5-8-19-35(31)45/h1-27,42,44H. The molecular weight excluding hydrogens is 602 g/mol. The normalized spacial score (nSPS) is 17.6. The molecule has 0 saturated heterocycles. The number of anilines is 3. The Morgan fingerprint density at radius 3 is 1.86 bits per heavy atom. The highest BCUT2D eigenvalue weighted by Crippen LogP contribution is 2.64. The van der Waals surface area contributed by atoms with Gasteiger partial charge in [-0.15, -0.1) is 0 Å². The zero-order valence-corrected chi connectivity index (χ0v) is 26.4. The molecule has 4 nitrogen and oxygen atoms in total. The van der Waals surface area contributed by atoms with Gasteiger partial charge >= 0.3 is 0 Å². The van der Waals surface area contributed by atoms with E-state index in [0.29, 0.717) is 0 Å². The molecule has 0 N–H and O–H groups in total. The Morgan fingerprint density at radius 2 is 1.06 bits per heavy atom. The van der Waals surface area contributed by atoms with Gasteiger partial charge in [0.25, 0.3) is 6.29 Å².